The SMILES string of the molecule is Cc1ccc(C)c(Sc2ccc(NC(=O)c3cc(-c4ccccc4)nn3-c3ccccc3)cc2)c1. The molecule has 0 atom stereocenters. The van der Waals surface area contributed by atoms with Crippen LogP contribution in [0.4, 0.5) is 5.69 Å². The first kappa shape index (κ1) is 22.7. The smallest absolute Gasteiger partial charge is 0.274 e. The van der Waals surface area contributed by atoms with Gasteiger partial charge in [0.15, 0.2) is 0 Å². The molecule has 5 rings (SSSR count). The van der Waals surface area contributed by atoms with Gasteiger partial charge >= 0.3 is 0 Å². The van der Waals surface area contributed by atoms with Gasteiger partial charge in [0.05, 0.1) is 11.4 Å². The molecule has 4 nitrogen and oxygen atoms in total. The van der Waals surface area contributed by atoms with Crippen LogP contribution in [0.3, 0.4) is 0 Å². The van der Waals surface area contributed by atoms with Crippen LogP contribution in [0.15, 0.2) is 119 Å². The second-order valence-corrected chi connectivity index (χ2v) is 9.49. The first-order chi connectivity index (χ1) is 17.1. The summed E-state index contributed by atoms with van der Waals surface area (Å²) in [4.78, 5) is 15.7. The standard InChI is InChI=1S/C30H25N3OS/c1-21-13-14-22(2)29(19-21)35-26-17-15-24(16-18-26)31-30(34)28-20-27(23-9-5-3-6-10-23)32-33(28)25-11-7-4-8-12-25/h3-20H,1-2H3,(H,31,34). The molecule has 0 saturated heterocycles. The van der Waals surface area contributed by atoms with E-state index in [9.17, 15) is 4.79 Å². The Morgan fingerprint density at radius 3 is 2.20 bits per heavy atom. The lowest BCUT2D eigenvalue weighted by Gasteiger charge is -2.10. The topological polar surface area (TPSA) is 46.9 Å². The number of hydrogen-bond acceptors (Lipinski definition) is 3. The van der Waals surface area contributed by atoms with Crippen LogP contribution in [-0.4, -0.2) is 15.7 Å². The Morgan fingerprint density at radius 1 is 0.800 bits per heavy atom. The molecule has 1 heterocycles. The number of nitrogens with one attached hydrogen (secondary N) is 1. The summed E-state index contributed by atoms with van der Waals surface area (Å²) in [6.45, 7) is 4.22. The zero-order valence-electron chi connectivity index (χ0n) is 19.6. The van der Waals surface area contributed by atoms with Gasteiger partial charge in [0.1, 0.15) is 5.69 Å². The van der Waals surface area contributed by atoms with Crippen molar-refractivity contribution in [2.45, 2.75) is 23.6 Å². The zero-order chi connectivity index (χ0) is 24.2. The van der Waals surface area contributed by atoms with Crippen molar-refractivity contribution in [2.75, 3.05) is 5.32 Å². The Balaban J connectivity index is 1.39. The highest BCUT2D eigenvalue weighted by Crippen LogP contribution is 2.32. The third-order valence-electron chi connectivity index (χ3n) is 5.70. The highest BCUT2D eigenvalue weighted by atomic mass is 32.2. The molecule has 0 aliphatic rings. The molecule has 0 aliphatic heterocycles. The van der Waals surface area contributed by atoms with Gasteiger partial charge in [-0.25, -0.2) is 4.68 Å². The van der Waals surface area contributed by atoms with Crippen molar-refractivity contribution in [1.82, 2.24) is 9.78 Å². The molecule has 172 valence electrons. The number of nitrogens with zero attached hydrogens (tertiary/aromatic N) is 2. The van der Waals surface area contributed by atoms with Crippen molar-refractivity contribution in [1.29, 1.82) is 0 Å². The lowest BCUT2D eigenvalue weighted by atomic mass is 10.1. The fourth-order valence-corrected chi connectivity index (χ4v) is 4.80. The van der Waals surface area contributed by atoms with Gasteiger partial charge < -0.3 is 5.32 Å². The van der Waals surface area contributed by atoms with Crippen LogP contribution in [0.5, 0.6) is 0 Å². The van der Waals surface area contributed by atoms with E-state index < -0.39 is 0 Å². The minimum absolute atomic E-state index is 0.210. The molecule has 0 radical (unpaired) electrons. The summed E-state index contributed by atoms with van der Waals surface area (Å²) < 4.78 is 1.70. The van der Waals surface area contributed by atoms with E-state index in [0.29, 0.717) is 5.69 Å². The highest BCUT2D eigenvalue weighted by molar-refractivity contribution is 7.99. The normalized spacial score (nSPS) is 10.8. The van der Waals surface area contributed by atoms with Crippen LogP contribution in [0, 0.1) is 13.8 Å². The third-order valence-corrected chi connectivity index (χ3v) is 6.86. The monoisotopic (exact) mass is 475 g/mol. The van der Waals surface area contributed by atoms with Gasteiger partial charge in [-0.3, -0.25) is 4.79 Å². The maximum atomic E-state index is 13.3. The van der Waals surface area contributed by atoms with E-state index in [0.717, 1.165) is 27.5 Å². The Kier molecular flexibility index (Phi) is 6.51. The Labute approximate surface area is 209 Å². The number of carbonyl (C=O) groups excluding carboxylic acids is 1. The van der Waals surface area contributed by atoms with E-state index in [2.05, 4.69) is 37.4 Å². The maximum Gasteiger partial charge on any atom is 0.274 e. The Bertz CT molecular complexity index is 1460. The highest BCUT2D eigenvalue weighted by Gasteiger charge is 2.18. The van der Waals surface area contributed by atoms with Crippen molar-refractivity contribution >= 4 is 23.4 Å². The van der Waals surface area contributed by atoms with Crippen molar-refractivity contribution in [3.05, 3.63) is 126 Å². The summed E-state index contributed by atoms with van der Waals surface area (Å²) in [5, 5.41) is 7.78. The number of para-hydroxylation sites is 1. The summed E-state index contributed by atoms with van der Waals surface area (Å²) in [7, 11) is 0. The van der Waals surface area contributed by atoms with Gasteiger partial charge in [-0.2, -0.15) is 5.10 Å². The van der Waals surface area contributed by atoms with E-state index >= 15 is 0 Å². The van der Waals surface area contributed by atoms with E-state index in [1.807, 2.05) is 91.0 Å². The van der Waals surface area contributed by atoms with Crippen molar-refractivity contribution in [3.8, 4) is 16.9 Å². The number of benzene rings is 4. The predicted octanol–water partition coefficient (Wildman–Crippen LogP) is 7.56. The first-order valence-electron chi connectivity index (χ1n) is 11.4. The lowest BCUT2D eigenvalue weighted by Crippen LogP contribution is -2.16. The second-order valence-electron chi connectivity index (χ2n) is 8.38. The number of carbonyl (C=O) groups is 1. The van der Waals surface area contributed by atoms with Gasteiger partial charge in [0.25, 0.3) is 5.91 Å². The van der Waals surface area contributed by atoms with E-state index in [4.69, 9.17) is 5.10 Å². The van der Waals surface area contributed by atoms with Crippen LogP contribution < -0.4 is 5.32 Å². The quantitative estimate of drug-likeness (QED) is 0.276. The summed E-state index contributed by atoms with van der Waals surface area (Å²) in [5.41, 5.74) is 6.25. The molecule has 1 aromatic heterocycles. The summed E-state index contributed by atoms with van der Waals surface area (Å²) in [6, 6.07) is 35.8. The average Bonchev–Trinajstić information content (AvgIpc) is 3.34. The number of aryl methyl sites for hydroxylation is 2. The molecule has 1 amide bonds. The molecule has 1 N–H and O–H groups in total. The van der Waals surface area contributed by atoms with E-state index in [1.54, 1.807) is 16.4 Å². The fraction of sp³-hybridized carbons (Fsp3) is 0.0667. The molecule has 0 bridgehead atoms. The molecular formula is C30H25N3OS. The second kappa shape index (κ2) is 10.0. The van der Waals surface area contributed by atoms with Crippen molar-refractivity contribution in [2.24, 2.45) is 0 Å². The molecule has 0 saturated carbocycles. The number of rotatable bonds is 6. The summed E-state index contributed by atoms with van der Waals surface area (Å²) in [5.74, 6) is -0.210. The van der Waals surface area contributed by atoms with Gasteiger partial charge in [0, 0.05) is 21.0 Å². The molecule has 0 aliphatic carbocycles. The Morgan fingerprint density at radius 2 is 1.49 bits per heavy atom. The van der Waals surface area contributed by atoms with Crippen LogP contribution in [0.2, 0.25) is 0 Å². The molecular weight excluding hydrogens is 450 g/mol. The lowest BCUT2D eigenvalue weighted by molar-refractivity contribution is 0.101. The molecule has 0 spiro atoms. The number of hydrogen-bond donors (Lipinski definition) is 1. The van der Waals surface area contributed by atoms with Gasteiger partial charge in [-0.15, -0.1) is 0 Å². The summed E-state index contributed by atoms with van der Waals surface area (Å²) in [6.07, 6.45) is 0. The summed E-state index contributed by atoms with van der Waals surface area (Å²) >= 11 is 1.73. The van der Waals surface area contributed by atoms with Gasteiger partial charge in [-0.1, -0.05) is 72.4 Å². The predicted molar refractivity (Wildman–Crippen MR) is 143 cm³/mol. The minimum Gasteiger partial charge on any atom is -0.321 e. The number of amides is 1. The number of anilines is 1. The van der Waals surface area contributed by atoms with Gasteiger partial charge in [-0.05, 0) is 73.5 Å². The number of aromatic nitrogens is 2. The molecule has 5 heteroatoms. The zero-order valence-corrected chi connectivity index (χ0v) is 20.4. The van der Waals surface area contributed by atoms with Crippen LogP contribution >= 0.6 is 11.8 Å². The van der Waals surface area contributed by atoms with Crippen LogP contribution in [0.25, 0.3) is 16.9 Å². The Hall–Kier alpha value is -4.09. The van der Waals surface area contributed by atoms with Crippen molar-refractivity contribution in [3.63, 3.8) is 0 Å². The van der Waals surface area contributed by atoms with Gasteiger partial charge in [0.2, 0.25) is 0 Å². The van der Waals surface area contributed by atoms with Crippen LogP contribution in [0.1, 0.15) is 21.6 Å². The third kappa shape index (κ3) is 5.20. The minimum atomic E-state index is -0.210. The first-order valence-corrected chi connectivity index (χ1v) is 12.3. The van der Waals surface area contributed by atoms with Crippen molar-refractivity contribution < 1.29 is 4.79 Å². The average molecular weight is 476 g/mol. The van der Waals surface area contributed by atoms with E-state index in [-0.39, 0.29) is 5.91 Å². The molecule has 5 aromatic rings. The van der Waals surface area contributed by atoms with Crippen LogP contribution in [-0.2, 0) is 0 Å². The molecule has 35 heavy (non-hydrogen) atoms. The molecule has 0 fully saturated rings. The molecule has 0 unspecified atom stereocenters. The fourth-order valence-electron chi connectivity index (χ4n) is 3.80. The van der Waals surface area contributed by atoms with E-state index in [1.165, 1.54) is 16.0 Å². The largest absolute Gasteiger partial charge is 0.321 e. The molecule has 4 aromatic carbocycles. The maximum absolute atomic E-state index is 13.3.